The maximum Gasteiger partial charge on any atom is 0.355 e. The average molecular weight is 409 g/mol. The Hall–Kier alpha value is -4.01. The summed E-state index contributed by atoms with van der Waals surface area (Å²) in [6, 6.07) is 15.0. The van der Waals surface area contributed by atoms with Gasteiger partial charge >= 0.3 is 11.9 Å². The van der Waals surface area contributed by atoms with E-state index in [1.165, 1.54) is 19.2 Å². The molecular weight excluding hydrogens is 390 g/mol. The second-order valence-corrected chi connectivity index (χ2v) is 6.25. The number of nitrogens with zero attached hydrogens (tertiary/aromatic N) is 2. The predicted octanol–water partition coefficient (Wildman–Crippen LogP) is 2.14. The summed E-state index contributed by atoms with van der Waals surface area (Å²) in [5.41, 5.74) is 0.987. The fraction of sp³-hybridized carbons (Fsp3) is 0.190. The first kappa shape index (κ1) is 20.7. The second-order valence-electron chi connectivity index (χ2n) is 6.25. The van der Waals surface area contributed by atoms with E-state index in [0.717, 1.165) is 5.01 Å². The number of rotatable bonds is 6. The maximum absolute atomic E-state index is 12.3. The van der Waals surface area contributed by atoms with Gasteiger partial charge in [-0.2, -0.15) is 5.10 Å². The Morgan fingerprint density at radius 3 is 2.43 bits per heavy atom. The highest BCUT2D eigenvalue weighted by molar-refractivity contribution is 6.38. The van der Waals surface area contributed by atoms with Crippen LogP contribution in [0.3, 0.4) is 0 Å². The lowest BCUT2D eigenvalue weighted by atomic mass is 10.1. The van der Waals surface area contributed by atoms with Crippen LogP contribution in [0.1, 0.15) is 23.2 Å². The lowest BCUT2D eigenvalue weighted by Crippen LogP contribution is -2.35. The van der Waals surface area contributed by atoms with Gasteiger partial charge in [-0.05, 0) is 24.3 Å². The van der Waals surface area contributed by atoms with Crippen LogP contribution in [0.5, 0.6) is 0 Å². The zero-order valence-corrected chi connectivity index (χ0v) is 16.2. The van der Waals surface area contributed by atoms with E-state index < -0.39 is 24.5 Å². The van der Waals surface area contributed by atoms with E-state index >= 15 is 0 Å². The van der Waals surface area contributed by atoms with Crippen LogP contribution in [0.4, 0.5) is 11.4 Å². The molecule has 0 spiro atoms. The molecule has 9 nitrogen and oxygen atoms in total. The molecule has 0 aliphatic carbocycles. The number of esters is 2. The van der Waals surface area contributed by atoms with Gasteiger partial charge in [0, 0.05) is 12.8 Å². The number of para-hydroxylation sites is 2. The van der Waals surface area contributed by atoms with Gasteiger partial charge in [-0.1, -0.05) is 30.3 Å². The van der Waals surface area contributed by atoms with Crippen molar-refractivity contribution in [2.24, 2.45) is 5.10 Å². The van der Waals surface area contributed by atoms with Gasteiger partial charge in [0.25, 0.3) is 5.91 Å². The molecule has 1 heterocycles. The standard InChI is InChI=1S/C21H19N3O6/c1-29-20(27)15-9-5-6-10-16(15)22-18(25)13-30-21(28)17-11-12-19(26)24(23-17)14-7-3-2-4-8-14/h2-10H,11-13H2,1H3,(H,22,25). The summed E-state index contributed by atoms with van der Waals surface area (Å²) in [7, 11) is 1.23. The van der Waals surface area contributed by atoms with Crippen molar-refractivity contribution in [3.8, 4) is 0 Å². The third kappa shape index (κ3) is 4.88. The van der Waals surface area contributed by atoms with Crippen molar-refractivity contribution in [1.82, 2.24) is 0 Å². The molecule has 30 heavy (non-hydrogen) atoms. The summed E-state index contributed by atoms with van der Waals surface area (Å²) in [4.78, 5) is 48.3. The molecule has 2 amide bonds. The molecule has 2 aromatic rings. The van der Waals surface area contributed by atoms with Gasteiger partial charge in [0.2, 0.25) is 5.91 Å². The fourth-order valence-electron chi connectivity index (χ4n) is 2.75. The predicted molar refractivity (Wildman–Crippen MR) is 108 cm³/mol. The van der Waals surface area contributed by atoms with Crippen LogP contribution in [-0.4, -0.2) is 43.2 Å². The minimum absolute atomic E-state index is 0.0428. The number of methoxy groups -OCH3 is 1. The Morgan fingerprint density at radius 2 is 1.70 bits per heavy atom. The first-order chi connectivity index (χ1) is 14.5. The number of anilines is 2. The number of carbonyl (C=O) groups is 4. The largest absolute Gasteiger partial charge is 0.465 e. The SMILES string of the molecule is COC(=O)c1ccccc1NC(=O)COC(=O)C1=NN(c2ccccc2)C(=O)CC1. The van der Waals surface area contributed by atoms with E-state index in [1.807, 2.05) is 0 Å². The van der Waals surface area contributed by atoms with Crippen molar-refractivity contribution >= 4 is 40.8 Å². The quantitative estimate of drug-likeness (QED) is 0.731. The van der Waals surface area contributed by atoms with Gasteiger partial charge in [-0.25, -0.2) is 14.6 Å². The summed E-state index contributed by atoms with van der Waals surface area (Å²) in [5.74, 6) is -2.27. The fourth-order valence-corrected chi connectivity index (χ4v) is 2.75. The number of hydrogen-bond acceptors (Lipinski definition) is 7. The van der Waals surface area contributed by atoms with E-state index in [2.05, 4.69) is 15.2 Å². The smallest absolute Gasteiger partial charge is 0.355 e. The third-order valence-electron chi connectivity index (χ3n) is 4.21. The van der Waals surface area contributed by atoms with Crippen LogP contribution in [0.15, 0.2) is 59.7 Å². The van der Waals surface area contributed by atoms with Gasteiger partial charge in [-0.3, -0.25) is 9.59 Å². The van der Waals surface area contributed by atoms with Crippen LogP contribution < -0.4 is 10.3 Å². The summed E-state index contributed by atoms with van der Waals surface area (Å²) < 4.78 is 9.69. The molecule has 154 valence electrons. The maximum atomic E-state index is 12.3. The highest BCUT2D eigenvalue weighted by Crippen LogP contribution is 2.20. The summed E-state index contributed by atoms with van der Waals surface area (Å²) >= 11 is 0. The monoisotopic (exact) mass is 409 g/mol. The van der Waals surface area contributed by atoms with Crippen molar-refractivity contribution in [2.75, 3.05) is 24.0 Å². The highest BCUT2D eigenvalue weighted by atomic mass is 16.5. The van der Waals surface area contributed by atoms with Crippen molar-refractivity contribution < 1.29 is 28.7 Å². The Labute approximate surface area is 172 Å². The molecule has 0 bridgehead atoms. The number of hydrogen-bond donors (Lipinski definition) is 1. The lowest BCUT2D eigenvalue weighted by molar-refractivity contribution is -0.140. The van der Waals surface area contributed by atoms with E-state index in [1.54, 1.807) is 42.5 Å². The van der Waals surface area contributed by atoms with E-state index in [-0.39, 0.29) is 35.7 Å². The average Bonchev–Trinajstić information content (AvgIpc) is 2.78. The van der Waals surface area contributed by atoms with Crippen LogP contribution >= 0.6 is 0 Å². The molecule has 3 rings (SSSR count). The van der Waals surface area contributed by atoms with Crippen molar-refractivity contribution in [3.63, 3.8) is 0 Å². The molecule has 0 atom stereocenters. The molecule has 0 saturated carbocycles. The number of carbonyl (C=O) groups excluding carboxylic acids is 4. The first-order valence-electron chi connectivity index (χ1n) is 9.09. The number of amides is 2. The molecule has 0 saturated heterocycles. The van der Waals surface area contributed by atoms with Crippen molar-refractivity contribution in [2.45, 2.75) is 12.8 Å². The van der Waals surface area contributed by atoms with Gasteiger partial charge in [0.1, 0.15) is 5.71 Å². The van der Waals surface area contributed by atoms with Crippen LogP contribution in [0, 0.1) is 0 Å². The number of benzene rings is 2. The topological polar surface area (TPSA) is 114 Å². The third-order valence-corrected chi connectivity index (χ3v) is 4.21. The van der Waals surface area contributed by atoms with Crippen molar-refractivity contribution in [1.29, 1.82) is 0 Å². The summed E-state index contributed by atoms with van der Waals surface area (Å²) in [6.07, 6.45) is 0.218. The molecule has 1 N–H and O–H groups in total. The minimum Gasteiger partial charge on any atom is -0.465 e. The lowest BCUT2D eigenvalue weighted by Gasteiger charge is -2.22. The zero-order chi connectivity index (χ0) is 21.5. The van der Waals surface area contributed by atoms with E-state index in [0.29, 0.717) is 5.69 Å². The number of nitrogens with one attached hydrogen (secondary N) is 1. The Morgan fingerprint density at radius 1 is 1.00 bits per heavy atom. The number of hydrazone groups is 1. The van der Waals surface area contributed by atoms with Crippen molar-refractivity contribution in [3.05, 3.63) is 60.2 Å². The minimum atomic E-state index is -0.792. The van der Waals surface area contributed by atoms with Crippen LogP contribution in [0.25, 0.3) is 0 Å². The molecule has 0 radical (unpaired) electrons. The summed E-state index contributed by atoms with van der Waals surface area (Å²) in [6.45, 7) is -0.577. The molecule has 9 heteroatoms. The second kappa shape index (κ2) is 9.46. The Balaban J connectivity index is 1.62. The number of ether oxygens (including phenoxy) is 2. The Kier molecular flexibility index (Phi) is 6.53. The highest BCUT2D eigenvalue weighted by Gasteiger charge is 2.27. The Bertz CT molecular complexity index is 1000. The first-order valence-corrected chi connectivity index (χ1v) is 9.09. The van der Waals surface area contributed by atoms with E-state index in [4.69, 9.17) is 4.74 Å². The molecule has 0 aromatic heterocycles. The zero-order valence-electron chi connectivity index (χ0n) is 16.2. The summed E-state index contributed by atoms with van der Waals surface area (Å²) in [5, 5.41) is 7.73. The van der Waals surface area contributed by atoms with Gasteiger partial charge < -0.3 is 14.8 Å². The molecule has 0 fully saturated rings. The molecule has 1 aliphatic rings. The van der Waals surface area contributed by atoms with E-state index in [9.17, 15) is 19.2 Å². The molecule has 0 unspecified atom stereocenters. The van der Waals surface area contributed by atoms with Gasteiger partial charge in [0.05, 0.1) is 24.0 Å². The molecule has 2 aromatic carbocycles. The molecular formula is C21H19N3O6. The van der Waals surface area contributed by atoms with Crippen LogP contribution in [-0.2, 0) is 23.9 Å². The van der Waals surface area contributed by atoms with Crippen LogP contribution in [0.2, 0.25) is 0 Å². The van der Waals surface area contributed by atoms with Gasteiger partial charge in [-0.15, -0.1) is 0 Å². The van der Waals surface area contributed by atoms with Gasteiger partial charge in [0.15, 0.2) is 6.61 Å². The molecule has 1 aliphatic heterocycles. The normalized spacial score (nSPS) is 13.3.